The topological polar surface area (TPSA) is 64.3 Å². The molecule has 0 atom stereocenters. The summed E-state index contributed by atoms with van der Waals surface area (Å²) in [6.45, 7) is -0.962. The molecule has 1 amide bonds. The van der Waals surface area contributed by atoms with E-state index in [0.717, 1.165) is 7.11 Å². The van der Waals surface area contributed by atoms with Gasteiger partial charge in [-0.15, -0.1) is 0 Å². The van der Waals surface area contributed by atoms with Crippen molar-refractivity contribution < 1.29 is 18.3 Å². The molecule has 10 heavy (non-hydrogen) atoms. The average Bonchev–Trinajstić information content (AvgIpc) is 1.86. The lowest BCUT2D eigenvalue weighted by Crippen LogP contribution is -2.46. The van der Waals surface area contributed by atoms with Gasteiger partial charge in [0, 0.05) is 7.11 Å². The zero-order valence-corrected chi connectivity index (χ0v) is 5.36. The minimum absolute atomic E-state index is 0.962. The van der Waals surface area contributed by atoms with Crippen molar-refractivity contribution in [2.24, 2.45) is 5.84 Å². The molecule has 0 spiro atoms. The summed E-state index contributed by atoms with van der Waals surface area (Å²) < 4.78 is 28.5. The number of ether oxygens (including phenoxy) is 1. The fraction of sp³-hybridized carbons (Fsp3) is 0.750. The predicted octanol–water partition coefficient (Wildman–Crippen LogP) is -0.742. The van der Waals surface area contributed by atoms with E-state index in [9.17, 15) is 13.6 Å². The molecule has 0 aromatic heterocycles. The fourth-order valence-corrected chi connectivity index (χ4v) is 0.352. The minimum Gasteiger partial charge on any atom is -0.378 e. The van der Waals surface area contributed by atoms with E-state index >= 15 is 0 Å². The molecule has 0 aliphatic rings. The van der Waals surface area contributed by atoms with Gasteiger partial charge in [0.1, 0.15) is 6.61 Å². The van der Waals surface area contributed by atoms with Crippen LogP contribution in [0.3, 0.4) is 0 Å². The summed E-state index contributed by atoms with van der Waals surface area (Å²) in [7, 11) is 1.07. The first-order valence-electron chi connectivity index (χ1n) is 2.42. The second kappa shape index (κ2) is 3.43. The van der Waals surface area contributed by atoms with E-state index in [0.29, 0.717) is 0 Å². The molecule has 0 bridgehead atoms. The lowest BCUT2D eigenvalue weighted by Gasteiger charge is -2.11. The van der Waals surface area contributed by atoms with Crippen molar-refractivity contribution in [1.29, 1.82) is 0 Å². The zero-order chi connectivity index (χ0) is 8.20. The van der Waals surface area contributed by atoms with Crippen molar-refractivity contribution in [2.45, 2.75) is 5.92 Å². The standard InChI is InChI=1S/C4H8F2N2O2/c1-10-2-4(5,6)3(9)8-7/h2,7H2,1H3,(H,8,9). The molecule has 0 aromatic carbocycles. The second-order valence-electron chi connectivity index (χ2n) is 1.61. The maximum atomic E-state index is 12.2. The molecule has 4 nitrogen and oxygen atoms in total. The Morgan fingerprint density at radius 1 is 1.80 bits per heavy atom. The first kappa shape index (κ1) is 9.25. The van der Waals surface area contributed by atoms with E-state index < -0.39 is 18.4 Å². The molecule has 0 aromatic rings. The Balaban J connectivity index is 3.96. The Hall–Kier alpha value is -0.750. The summed E-state index contributed by atoms with van der Waals surface area (Å²) in [6, 6.07) is 0. The van der Waals surface area contributed by atoms with Gasteiger partial charge in [-0.2, -0.15) is 8.78 Å². The molecular formula is C4H8F2N2O2. The number of nitrogens with one attached hydrogen (secondary N) is 1. The van der Waals surface area contributed by atoms with Gasteiger partial charge in [0.15, 0.2) is 0 Å². The smallest absolute Gasteiger partial charge is 0.348 e. The number of methoxy groups -OCH3 is 1. The van der Waals surface area contributed by atoms with E-state index in [4.69, 9.17) is 0 Å². The SMILES string of the molecule is COCC(F)(F)C(=O)NN. The van der Waals surface area contributed by atoms with Gasteiger partial charge < -0.3 is 4.74 Å². The molecule has 0 heterocycles. The largest absolute Gasteiger partial charge is 0.378 e. The van der Waals surface area contributed by atoms with Crippen molar-refractivity contribution in [2.75, 3.05) is 13.7 Å². The third kappa shape index (κ3) is 2.24. The number of rotatable bonds is 3. The average molecular weight is 154 g/mol. The Morgan fingerprint density at radius 3 is 2.60 bits per heavy atom. The highest BCUT2D eigenvalue weighted by Crippen LogP contribution is 2.12. The summed E-state index contributed by atoms with van der Waals surface area (Å²) >= 11 is 0. The summed E-state index contributed by atoms with van der Waals surface area (Å²) in [5.41, 5.74) is 1.32. The highest BCUT2D eigenvalue weighted by atomic mass is 19.3. The van der Waals surface area contributed by atoms with Crippen LogP contribution in [0.15, 0.2) is 0 Å². The van der Waals surface area contributed by atoms with Gasteiger partial charge in [-0.25, -0.2) is 5.84 Å². The van der Waals surface area contributed by atoms with Crippen molar-refractivity contribution in [1.82, 2.24) is 5.43 Å². The van der Waals surface area contributed by atoms with Crippen LogP contribution in [-0.2, 0) is 9.53 Å². The third-order valence-corrected chi connectivity index (χ3v) is 0.789. The summed E-state index contributed by atoms with van der Waals surface area (Å²) in [5.74, 6) is -0.632. The number of nitrogens with two attached hydrogens (primary N) is 1. The van der Waals surface area contributed by atoms with Gasteiger partial charge in [0.05, 0.1) is 0 Å². The summed E-state index contributed by atoms with van der Waals surface area (Å²) in [6.07, 6.45) is 0. The van der Waals surface area contributed by atoms with Crippen LogP contribution in [0.4, 0.5) is 8.78 Å². The summed E-state index contributed by atoms with van der Waals surface area (Å²) in [4.78, 5) is 10.2. The predicted molar refractivity (Wildman–Crippen MR) is 29.2 cm³/mol. The van der Waals surface area contributed by atoms with Crippen LogP contribution < -0.4 is 11.3 Å². The number of hydrazine groups is 1. The number of carbonyl (C=O) groups is 1. The Bertz CT molecular complexity index is 128. The van der Waals surface area contributed by atoms with Gasteiger partial charge in [0.25, 0.3) is 0 Å². The molecule has 60 valence electrons. The molecule has 0 aliphatic carbocycles. The normalized spacial score (nSPS) is 11.2. The molecule has 0 saturated heterocycles. The number of carbonyl (C=O) groups excluding carboxylic acids is 1. The molecular weight excluding hydrogens is 146 g/mol. The van der Waals surface area contributed by atoms with Crippen LogP contribution in [-0.4, -0.2) is 25.5 Å². The molecule has 3 N–H and O–H groups in total. The van der Waals surface area contributed by atoms with E-state index in [1.54, 1.807) is 0 Å². The molecule has 6 heteroatoms. The lowest BCUT2D eigenvalue weighted by atomic mass is 10.3. The van der Waals surface area contributed by atoms with Gasteiger partial charge in [-0.1, -0.05) is 0 Å². The Labute approximate surface area is 56.3 Å². The van der Waals surface area contributed by atoms with Crippen molar-refractivity contribution in [3.63, 3.8) is 0 Å². The molecule has 0 unspecified atom stereocenters. The van der Waals surface area contributed by atoms with Crippen LogP contribution >= 0.6 is 0 Å². The van der Waals surface area contributed by atoms with E-state index in [-0.39, 0.29) is 0 Å². The van der Waals surface area contributed by atoms with Crippen LogP contribution in [0.1, 0.15) is 0 Å². The van der Waals surface area contributed by atoms with Crippen LogP contribution in [0, 0.1) is 0 Å². The monoisotopic (exact) mass is 154 g/mol. The van der Waals surface area contributed by atoms with Gasteiger partial charge in [-0.05, 0) is 0 Å². The number of hydrogen-bond donors (Lipinski definition) is 2. The van der Waals surface area contributed by atoms with Gasteiger partial charge in [0.2, 0.25) is 0 Å². The van der Waals surface area contributed by atoms with Crippen molar-refractivity contribution in [3.05, 3.63) is 0 Å². The van der Waals surface area contributed by atoms with E-state index in [1.807, 2.05) is 0 Å². The fourth-order valence-electron chi connectivity index (χ4n) is 0.352. The lowest BCUT2D eigenvalue weighted by molar-refractivity contribution is -0.152. The second-order valence-corrected chi connectivity index (χ2v) is 1.61. The zero-order valence-electron chi connectivity index (χ0n) is 5.36. The number of halogens is 2. The number of hydrogen-bond acceptors (Lipinski definition) is 3. The maximum Gasteiger partial charge on any atom is 0.348 e. The van der Waals surface area contributed by atoms with Crippen LogP contribution in [0.25, 0.3) is 0 Å². The quantitative estimate of drug-likeness (QED) is 0.319. The molecule has 0 aliphatic heterocycles. The van der Waals surface area contributed by atoms with Crippen molar-refractivity contribution >= 4 is 5.91 Å². The molecule has 0 radical (unpaired) electrons. The molecule has 0 fully saturated rings. The van der Waals surface area contributed by atoms with Crippen LogP contribution in [0.2, 0.25) is 0 Å². The number of amides is 1. The molecule has 0 saturated carbocycles. The van der Waals surface area contributed by atoms with E-state index in [2.05, 4.69) is 10.6 Å². The highest BCUT2D eigenvalue weighted by molar-refractivity contribution is 5.82. The maximum absolute atomic E-state index is 12.2. The first-order chi connectivity index (χ1) is 4.54. The summed E-state index contributed by atoms with van der Waals surface area (Å²) in [5, 5.41) is 0. The highest BCUT2D eigenvalue weighted by Gasteiger charge is 2.38. The number of alkyl halides is 2. The van der Waals surface area contributed by atoms with Gasteiger partial charge >= 0.3 is 11.8 Å². The van der Waals surface area contributed by atoms with Crippen molar-refractivity contribution in [3.8, 4) is 0 Å². The minimum atomic E-state index is -3.54. The third-order valence-electron chi connectivity index (χ3n) is 0.789. The Kier molecular flexibility index (Phi) is 3.17. The van der Waals surface area contributed by atoms with Crippen LogP contribution in [0.5, 0.6) is 0 Å². The molecule has 0 rings (SSSR count). The van der Waals surface area contributed by atoms with Gasteiger partial charge in [-0.3, -0.25) is 10.2 Å². The first-order valence-corrected chi connectivity index (χ1v) is 2.42. The van der Waals surface area contributed by atoms with E-state index in [1.165, 1.54) is 5.43 Å². The Morgan fingerprint density at radius 2 is 2.30 bits per heavy atom.